The van der Waals surface area contributed by atoms with Crippen LogP contribution in [0.4, 0.5) is 11.4 Å². The van der Waals surface area contributed by atoms with Gasteiger partial charge in [0.1, 0.15) is 17.9 Å². The van der Waals surface area contributed by atoms with Gasteiger partial charge in [-0.25, -0.2) is 0 Å². The van der Waals surface area contributed by atoms with Gasteiger partial charge in [0.2, 0.25) is 5.91 Å². The second-order valence-corrected chi connectivity index (χ2v) is 7.20. The molecule has 0 saturated carbocycles. The minimum Gasteiger partial charge on any atom is -0.485 e. The van der Waals surface area contributed by atoms with Crippen LogP contribution in [0.5, 0.6) is 5.75 Å². The van der Waals surface area contributed by atoms with E-state index >= 15 is 0 Å². The molecule has 1 amide bonds. The van der Waals surface area contributed by atoms with Gasteiger partial charge in [-0.05, 0) is 44.3 Å². The van der Waals surface area contributed by atoms with Crippen LogP contribution < -0.4 is 15.0 Å². The summed E-state index contributed by atoms with van der Waals surface area (Å²) in [7, 11) is 1.89. The van der Waals surface area contributed by atoms with E-state index in [0.29, 0.717) is 22.8 Å². The van der Waals surface area contributed by atoms with Crippen LogP contribution in [-0.2, 0) is 4.79 Å². The lowest BCUT2D eigenvalue weighted by atomic mass is 10.2. The van der Waals surface area contributed by atoms with Crippen LogP contribution in [0.2, 0.25) is 5.02 Å². The van der Waals surface area contributed by atoms with Gasteiger partial charge in [-0.3, -0.25) is 9.69 Å². The molecule has 0 fully saturated rings. The predicted molar refractivity (Wildman–Crippen MR) is 111 cm³/mol. The Bertz CT molecular complexity index is 896. The molecular formula is C21H23ClN4O2. The molecule has 3 rings (SSSR count). The number of hydrogen-bond acceptors (Lipinski definition) is 5. The van der Waals surface area contributed by atoms with E-state index in [1.165, 1.54) is 0 Å². The van der Waals surface area contributed by atoms with Crippen molar-refractivity contribution in [2.45, 2.75) is 13.0 Å². The molecule has 0 saturated heterocycles. The number of nitriles is 1. The summed E-state index contributed by atoms with van der Waals surface area (Å²) < 4.78 is 6.11. The zero-order chi connectivity index (χ0) is 20.1. The molecule has 1 aliphatic rings. The molecule has 0 spiro atoms. The maximum absolute atomic E-state index is 12.3. The summed E-state index contributed by atoms with van der Waals surface area (Å²) in [4.78, 5) is 16.6. The molecule has 0 aromatic heterocycles. The molecule has 28 heavy (non-hydrogen) atoms. The Labute approximate surface area is 170 Å². The number of benzene rings is 2. The van der Waals surface area contributed by atoms with Crippen molar-refractivity contribution < 1.29 is 9.53 Å². The molecule has 2 aromatic rings. The highest BCUT2D eigenvalue weighted by Gasteiger charge is 2.25. The zero-order valence-corrected chi connectivity index (χ0v) is 16.7. The maximum Gasteiger partial charge on any atom is 0.238 e. The summed E-state index contributed by atoms with van der Waals surface area (Å²) >= 11 is 6.01. The fourth-order valence-corrected chi connectivity index (χ4v) is 3.54. The SMILES string of the molecule is CCN1CC(CN(C)CC(=O)Nc2ccc(C#N)c(Cl)c2)Oc2ccccc21. The molecule has 1 N–H and O–H groups in total. The molecule has 146 valence electrons. The number of rotatable bonds is 6. The highest BCUT2D eigenvalue weighted by molar-refractivity contribution is 6.32. The molecular weight excluding hydrogens is 376 g/mol. The Morgan fingerprint density at radius 3 is 2.89 bits per heavy atom. The molecule has 1 heterocycles. The Kier molecular flexibility index (Phi) is 6.40. The van der Waals surface area contributed by atoms with Gasteiger partial charge < -0.3 is 15.0 Å². The monoisotopic (exact) mass is 398 g/mol. The van der Waals surface area contributed by atoms with E-state index < -0.39 is 0 Å². The van der Waals surface area contributed by atoms with E-state index in [2.05, 4.69) is 23.2 Å². The van der Waals surface area contributed by atoms with E-state index in [0.717, 1.165) is 24.5 Å². The Hall–Kier alpha value is -2.75. The van der Waals surface area contributed by atoms with E-state index in [4.69, 9.17) is 21.6 Å². The van der Waals surface area contributed by atoms with Gasteiger partial charge in [-0.1, -0.05) is 23.7 Å². The first-order chi connectivity index (χ1) is 13.5. The number of hydrogen-bond donors (Lipinski definition) is 1. The highest BCUT2D eigenvalue weighted by Crippen LogP contribution is 2.32. The number of ether oxygens (including phenoxy) is 1. The Morgan fingerprint density at radius 1 is 1.39 bits per heavy atom. The van der Waals surface area contributed by atoms with E-state index in [1.807, 2.05) is 36.2 Å². The summed E-state index contributed by atoms with van der Waals surface area (Å²) in [6, 6.07) is 14.9. The van der Waals surface area contributed by atoms with Crippen molar-refractivity contribution in [3.05, 3.63) is 53.1 Å². The molecule has 2 aromatic carbocycles. The van der Waals surface area contributed by atoms with Crippen LogP contribution in [0.1, 0.15) is 12.5 Å². The molecule has 0 bridgehead atoms. The highest BCUT2D eigenvalue weighted by atomic mass is 35.5. The van der Waals surface area contributed by atoms with Crippen LogP contribution in [-0.4, -0.2) is 50.1 Å². The number of nitrogens with zero attached hydrogens (tertiary/aromatic N) is 3. The van der Waals surface area contributed by atoms with Crippen LogP contribution in [0.25, 0.3) is 0 Å². The lowest BCUT2D eigenvalue weighted by molar-refractivity contribution is -0.117. The average Bonchev–Trinajstić information content (AvgIpc) is 2.67. The first kappa shape index (κ1) is 20.0. The van der Waals surface area contributed by atoms with E-state index in [-0.39, 0.29) is 18.6 Å². The summed E-state index contributed by atoms with van der Waals surface area (Å²) in [5.74, 6) is 0.734. The minimum absolute atomic E-state index is 0.0167. The molecule has 7 heteroatoms. The predicted octanol–water partition coefficient (Wildman–Crippen LogP) is 3.37. The summed E-state index contributed by atoms with van der Waals surface area (Å²) in [6.45, 7) is 4.67. The minimum atomic E-state index is -0.146. The maximum atomic E-state index is 12.3. The van der Waals surface area contributed by atoms with E-state index in [9.17, 15) is 4.79 Å². The second-order valence-electron chi connectivity index (χ2n) is 6.80. The number of fused-ring (bicyclic) bond motifs is 1. The van der Waals surface area contributed by atoms with Crippen LogP contribution in [0.15, 0.2) is 42.5 Å². The fourth-order valence-electron chi connectivity index (χ4n) is 3.31. The average molecular weight is 399 g/mol. The summed E-state index contributed by atoms with van der Waals surface area (Å²) in [5.41, 5.74) is 2.06. The van der Waals surface area contributed by atoms with Gasteiger partial charge >= 0.3 is 0 Å². The number of para-hydroxylation sites is 2. The standard InChI is InChI=1S/C21H23ClN4O2/c1-3-26-13-17(28-20-7-5-4-6-19(20)26)12-25(2)14-21(27)24-16-9-8-15(11-23)18(22)10-16/h4-10,17H,3,12-14H2,1-2H3,(H,24,27). The van der Waals surface area contributed by atoms with Crippen molar-refractivity contribution in [3.8, 4) is 11.8 Å². The van der Waals surface area contributed by atoms with Crippen molar-refractivity contribution >= 4 is 28.9 Å². The first-order valence-corrected chi connectivity index (χ1v) is 9.56. The van der Waals surface area contributed by atoms with Crippen molar-refractivity contribution in [1.29, 1.82) is 5.26 Å². The van der Waals surface area contributed by atoms with Crippen molar-refractivity contribution in [3.63, 3.8) is 0 Å². The molecule has 1 atom stereocenters. The smallest absolute Gasteiger partial charge is 0.238 e. The third-order valence-corrected chi connectivity index (χ3v) is 4.92. The molecule has 0 aliphatic carbocycles. The number of carbonyl (C=O) groups is 1. The Morgan fingerprint density at radius 2 is 2.18 bits per heavy atom. The molecule has 1 unspecified atom stereocenters. The van der Waals surface area contributed by atoms with Gasteiger partial charge in [0, 0.05) is 18.8 Å². The van der Waals surface area contributed by atoms with Gasteiger partial charge in [0.05, 0.1) is 29.4 Å². The third kappa shape index (κ3) is 4.75. The van der Waals surface area contributed by atoms with Crippen molar-refractivity contribution in [1.82, 2.24) is 4.90 Å². The number of carbonyl (C=O) groups excluding carboxylic acids is 1. The molecule has 0 radical (unpaired) electrons. The lowest BCUT2D eigenvalue weighted by Gasteiger charge is -2.37. The van der Waals surface area contributed by atoms with Crippen molar-refractivity contribution in [2.75, 3.05) is 43.4 Å². The fraction of sp³-hybridized carbons (Fsp3) is 0.333. The molecule has 6 nitrogen and oxygen atoms in total. The lowest BCUT2D eigenvalue weighted by Crippen LogP contribution is -2.46. The number of amides is 1. The largest absolute Gasteiger partial charge is 0.485 e. The van der Waals surface area contributed by atoms with Crippen LogP contribution in [0, 0.1) is 11.3 Å². The zero-order valence-electron chi connectivity index (χ0n) is 16.0. The summed E-state index contributed by atoms with van der Waals surface area (Å²) in [6.07, 6.45) is -0.0167. The van der Waals surface area contributed by atoms with Crippen LogP contribution >= 0.6 is 11.6 Å². The van der Waals surface area contributed by atoms with Crippen molar-refractivity contribution in [2.24, 2.45) is 0 Å². The third-order valence-electron chi connectivity index (χ3n) is 4.61. The number of likely N-dealkylation sites (N-methyl/N-ethyl adjacent to an activating group) is 2. The van der Waals surface area contributed by atoms with E-state index in [1.54, 1.807) is 18.2 Å². The van der Waals surface area contributed by atoms with Gasteiger partial charge in [0.15, 0.2) is 0 Å². The molecule has 1 aliphatic heterocycles. The first-order valence-electron chi connectivity index (χ1n) is 9.18. The number of halogens is 1. The second kappa shape index (κ2) is 8.96. The van der Waals surface area contributed by atoms with Gasteiger partial charge in [0.25, 0.3) is 0 Å². The normalized spacial score (nSPS) is 15.5. The summed E-state index contributed by atoms with van der Waals surface area (Å²) in [5, 5.41) is 12.1. The van der Waals surface area contributed by atoms with Gasteiger partial charge in [-0.15, -0.1) is 0 Å². The Balaban J connectivity index is 1.55. The number of nitrogens with one attached hydrogen (secondary N) is 1. The topological polar surface area (TPSA) is 68.6 Å². The number of anilines is 2. The van der Waals surface area contributed by atoms with Crippen LogP contribution in [0.3, 0.4) is 0 Å². The quantitative estimate of drug-likeness (QED) is 0.807. The van der Waals surface area contributed by atoms with Gasteiger partial charge in [-0.2, -0.15) is 5.26 Å².